The third-order valence-corrected chi connectivity index (χ3v) is 9.85. The fourth-order valence-corrected chi connectivity index (χ4v) is 7.04. The maximum atomic E-state index is 13.8. The highest BCUT2D eigenvalue weighted by atomic mass is 32.2. The van der Waals surface area contributed by atoms with Crippen LogP contribution in [0.2, 0.25) is 0 Å². The first-order valence-corrected chi connectivity index (χ1v) is 16.4. The maximum absolute atomic E-state index is 13.8. The van der Waals surface area contributed by atoms with Crippen molar-refractivity contribution in [1.82, 2.24) is 4.57 Å². The molecular weight excluding hydrogens is 662 g/mol. The highest BCUT2D eigenvalue weighted by molar-refractivity contribution is 7.97. The van der Waals surface area contributed by atoms with Gasteiger partial charge in [-0.3, -0.25) is 4.79 Å². The molecule has 6 aromatic rings. The van der Waals surface area contributed by atoms with Gasteiger partial charge in [-0.25, -0.2) is 17.2 Å². The van der Waals surface area contributed by atoms with Crippen LogP contribution >= 0.6 is 0 Å². The molecule has 0 aliphatic rings. The zero-order chi connectivity index (χ0) is 33.9. The molecule has 1 aromatic heterocycles. The molecule has 0 radical (unpaired) electrons. The number of nitrogens with zero attached hydrogens (tertiary/aromatic N) is 1. The SMILES string of the molecule is O=S(=O)([O-])C(F)(F)F.O=c1c2ccccc2n(Cc2cccc(CO)c2)c2ccc([S+](c3ccc(F)cc3)c3ccc(F)cc3)cc12. The molecule has 0 amide bonds. The van der Waals surface area contributed by atoms with Gasteiger partial charge in [0.15, 0.2) is 30.2 Å². The minimum Gasteiger partial charge on any atom is -0.741 e. The molecule has 47 heavy (non-hydrogen) atoms. The Kier molecular flexibility index (Phi) is 9.82. The zero-order valence-corrected chi connectivity index (χ0v) is 25.8. The lowest BCUT2D eigenvalue weighted by Gasteiger charge is -2.16. The van der Waals surface area contributed by atoms with Gasteiger partial charge in [0.05, 0.1) is 33.9 Å². The number of aromatic nitrogens is 1. The topological polar surface area (TPSA) is 99.4 Å². The van der Waals surface area contributed by atoms with Crippen LogP contribution in [-0.2, 0) is 34.2 Å². The monoisotopic (exact) mass is 685 g/mol. The highest BCUT2D eigenvalue weighted by Gasteiger charge is 2.37. The lowest BCUT2D eigenvalue weighted by Crippen LogP contribution is -2.21. The van der Waals surface area contributed by atoms with Crippen LogP contribution in [0.15, 0.2) is 135 Å². The van der Waals surface area contributed by atoms with Crippen molar-refractivity contribution in [3.05, 3.63) is 148 Å². The molecule has 6 rings (SSSR count). The summed E-state index contributed by atoms with van der Waals surface area (Å²) in [6.45, 7) is 0.476. The molecule has 6 nitrogen and oxygen atoms in total. The highest BCUT2D eigenvalue weighted by Crippen LogP contribution is 2.33. The van der Waals surface area contributed by atoms with E-state index in [-0.39, 0.29) is 23.7 Å². The summed E-state index contributed by atoms with van der Waals surface area (Å²) in [5.41, 5.74) is -2.26. The van der Waals surface area contributed by atoms with E-state index in [9.17, 15) is 31.9 Å². The van der Waals surface area contributed by atoms with Crippen LogP contribution in [0.25, 0.3) is 21.8 Å². The Morgan fingerprint density at radius 2 is 1.19 bits per heavy atom. The Labute approximate surface area is 268 Å². The summed E-state index contributed by atoms with van der Waals surface area (Å²) in [7, 11) is -6.78. The van der Waals surface area contributed by atoms with Crippen molar-refractivity contribution >= 4 is 42.8 Å². The lowest BCUT2D eigenvalue weighted by atomic mass is 10.1. The molecular formula is C34H24F5NO5S2. The number of halogens is 5. The second-order valence-electron chi connectivity index (χ2n) is 10.2. The predicted octanol–water partition coefficient (Wildman–Crippen LogP) is 7.12. The molecule has 1 heterocycles. The second kappa shape index (κ2) is 13.7. The van der Waals surface area contributed by atoms with Gasteiger partial charge in [-0.1, -0.05) is 36.4 Å². The van der Waals surface area contributed by atoms with E-state index in [0.717, 1.165) is 36.8 Å². The predicted molar refractivity (Wildman–Crippen MR) is 168 cm³/mol. The van der Waals surface area contributed by atoms with E-state index in [2.05, 4.69) is 4.57 Å². The molecule has 0 aliphatic carbocycles. The van der Waals surface area contributed by atoms with Crippen LogP contribution in [0.3, 0.4) is 0 Å². The minimum atomic E-state index is -6.09. The summed E-state index contributed by atoms with van der Waals surface area (Å²) in [6, 6.07) is 33.8. The zero-order valence-electron chi connectivity index (χ0n) is 24.1. The Morgan fingerprint density at radius 3 is 1.74 bits per heavy atom. The number of benzene rings is 5. The number of aliphatic hydroxyl groups is 1. The summed E-state index contributed by atoms with van der Waals surface area (Å²) >= 11 is 0. The molecule has 242 valence electrons. The van der Waals surface area contributed by atoms with Gasteiger partial charge in [0.1, 0.15) is 11.6 Å². The van der Waals surface area contributed by atoms with Crippen LogP contribution in [0.5, 0.6) is 0 Å². The molecule has 5 aromatic carbocycles. The Balaban J connectivity index is 0.000000483. The van der Waals surface area contributed by atoms with Crippen LogP contribution in [0.4, 0.5) is 22.0 Å². The van der Waals surface area contributed by atoms with E-state index in [4.69, 9.17) is 13.0 Å². The number of alkyl halides is 3. The van der Waals surface area contributed by atoms with Crippen LogP contribution in [-0.4, -0.2) is 28.2 Å². The van der Waals surface area contributed by atoms with Gasteiger partial charge >= 0.3 is 5.51 Å². The Bertz CT molecular complexity index is 2180. The molecule has 0 saturated heterocycles. The van der Waals surface area contributed by atoms with Gasteiger partial charge in [0.25, 0.3) is 0 Å². The van der Waals surface area contributed by atoms with E-state index in [1.165, 1.54) is 24.3 Å². The molecule has 13 heteroatoms. The average Bonchev–Trinajstić information content (AvgIpc) is 3.04. The summed E-state index contributed by atoms with van der Waals surface area (Å²) in [6.07, 6.45) is 0. The quantitative estimate of drug-likeness (QED) is 0.0662. The van der Waals surface area contributed by atoms with Gasteiger partial charge < -0.3 is 14.2 Å². The van der Waals surface area contributed by atoms with Crippen LogP contribution in [0, 0.1) is 11.6 Å². The normalized spacial score (nSPS) is 11.9. The van der Waals surface area contributed by atoms with E-state index in [1.807, 2.05) is 66.7 Å². The largest absolute Gasteiger partial charge is 0.741 e. The van der Waals surface area contributed by atoms with Crippen molar-refractivity contribution in [3.63, 3.8) is 0 Å². The summed E-state index contributed by atoms with van der Waals surface area (Å²) in [4.78, 5) is 16.4. The summed E-state index contributed by atoms with van der Waals surface area (Å²) in [5, 5.41) is 10.8. The van der Waals surface area contributed by atoms with Gasteiger partial charge in [0, 0.05) is 18.0 Å². The van der Waals surface area contributed by atoms with Crippen LogP contribution < -0.4 is 5.43 Å². The fraction of sp³-hybridized carbons (Fsp3) is 0.0882. The Hall–Kier alpha value is -4.56. The van der Waals surface area contributed by atoms with Gasteiger partial charge in [-0.05, 0) is 83.9 Å². The molecule has 0 atom stereocenters. The van der Waals surface area contributed by atoms with Crippen LogP contribution in [0.1, 0.15) is 11.1 Å². The minimum absolute atomic E-state index is 0.0437. The molecule has 1 N–H and O–H groups in total. The van der Waals surface area contributed by atoms with E-state index < -0.39 is 26.5 Å². The number of pyridine rings is 1. The molecule has 0 saturated carbocycles. The summed E-state index contributed by atoms with van der Waals surface area (Å²) < 4.78 is 88.6. The van der Waals surface area contributed by atoms with Gasteiger partial charge in [-0.15, -0.1) is 0 Å². The smallest absolute Gasteiger partial charge is 0.485 e. The lowest BCUT2D eigenvalue weighted by molar-refractivity contribution is -0.0517. The number of hydrogen-bond donors (Lipinski definition) is 1. The molecule has 0 bridgehead atoms. The molecule has 0 aliphatic heterocycles. The fourth-order valence-electron chi connectivity index (χ4n) is 4.96. The molecule has 0 unspecified atom stereocenters. The maximum Gasteiger partial charge on any atom is 0.485 e. The van der Waals surface area contributed by atoms with Crippen molar-refractivity contribution in [3.8, 4) is 0 Å². The number of aliphatic hydroxyl groups excluding tert-OH is 1. The van der Waals surface area contributed by atoms with Crippen molar-refractivity contribution in [2.24, 2.45) is 0 Å². The van der Waals surface area contributed by atoms with E-state index in [0.29, 0.717) is 17.3 Å². The standard InChI is InChI=1S/C33H24F2NO2S.CHF3O3S/c34-24-8-12-26(13-9-24)39(27-14-10-25(35)11-15-27)28-16-17-32-30(19-28)33(38)29-6-1-2-7-31(29)36(32)20-22-4-3-5-23(18-22)21-37;2-1(3,4)8(5,6)7/h1-19,37H,20-21H2;(H,5,6,7)/q+1;/p-1. The van der Waals surface area contributed by atoms with Crippen molar-refractivity contribution in [1.29, 1.82) is 0 Å². The average molecular weight is 686 g/mol. The van der Waals surface area contributed by atoms with Crippen molar-refractivity contribution in [2.75, 3.05) is 0 Å². The van der Waals surface area contributed by atoms with Crippen molar-refractivity contribution in [2.45, 2.75) is 33.3 Å². The first-order chi connectivity index (χ1) is 22.3. The van der Waals surface area contributed by atoms with Gasteiger partial charge in [0.2, 0.25) is 0 Å². The first kappa shape index (κ1) is 33.8. The molecule has 0 fully saturated rings. The molecule has 0 spiro atoms. The van der Waals surface area contributed by atoms with E-state index >= 15 is 0 Å². The number of para-hydroxylation sites is 1. The second-order valence-corrected chi connectivity index (χ2v) is 13.6. The number of hydrogen-bond acceptors (Lipinski definition) is 5. The van der Waals surface area contributed by atoms with Crippen molar-refractivity contribution < 1.29 is 40.0 Å². The van der Waals surface area contributed by atoms with Gasteiger partial charge in [-0.2, -0.15) is 13.2 Å². The first-order valence-electron chi connectivity index (χ1n) is 13.8. The summed E-state index contributed by atoms with van der Waals surface area (Å²) in [5.74, 6) is -0.668. The third kappa shape index (κ3) is 7.54. The number of rotatable bonds is 6. The third-order valence-electron chi connectivity index (χ3n) is 7.08. The Morgan fingerprint density at radius 1 is 0.681 bits per heavy atom. The number of fused-ring (bicyclic) bond motifs is 2. The van der Waals surface area contributed by atoms with E-state index in [1.54, 1.807) is 24.3 Å².